The number of Topliss-reactive ketones (excluding diaryl/α,β-unsaturated/α-hetero) is 4. The lowest BCUT2D eigenvalue weighted by Gasteiger charge is -2.58. The van der Waals surface area contributed by atoms with Gasteiger partial charge in [0, 0.05) is 40.4 Å². The lowest BCUT2D eigenvalue weighted by molar-refractivity contribution is -0.308. The molecule has 5 aliphatic carbocycles. The van der Waals surface area contributed by atoms with Gasteiger partial charge in [-0.25, -0.2) is 0 Å². The van der Waals surface area contributed by atoms with Gasteiger partial charge in [-0.15, -0.1) is 0 Å². The highest BCUT2D eigenvalue weighted by Crippen LogP contribution is 2.69. The molecule has 3 saturated carbocycles. The molecule has 0 aromatic heterocycles. The summed E-state index contributed by atoms with van der Waals surface area (Å²) in [5.41, 5.74) is -15.3. The van der Waals surface area contributed by atoms with E-state index in [0.717, 1.165) is 20.8 Å². The third-order valence-electron chi connectivity index (χ3n) is 12.6. The van der Waals surface area contributed by atoms with Crippen molar-refractivity contribution in [1.82, 2.24) is 0 Å². The van der Waals surface area contributed by atoms with E-state index in [1.165, 1.54) is 57.2 Å². The Morgan fingerprint density at radius 1 is 0.800 bits per heavy atom. The van der Waals surface area contributed by atoms with Crippen molar-refractivity contribution in [3.63, 3.8) is 0 Å². The van der Waals surface area contributed by atoms with Gasteiger partial charge in [-0.2, -0.15) is 0 Å². The molecule has 13 heteroatoms. The molecular weight excluding hydrogens is 710 g/mol. The predicted octanol–water partition coefficient (Wildman–Crippen LogP) is 4.90. The van der Waals surface area contributed by atoms with Crippen LogP contribution in [0, 0.1) is 39.9 Å². The van der Waals surface area contributed by atoms with Gasteiger partial charge in [0.15, 0.2) is 28.7 Å². The van der Waals surface area contributed by atoms with Gasteiger partial charge in [-0.1, -0.05) is 48.6 Å². The van der Waals surface area contributed by atoms with Gasteiger partial charge in [0.1, 0.15) is 34.2 Å². The van der Waals surface area contributed by atoms with E-state index < -0.39 is 120 Å². The first kappa shape index (κ1) is 41.2. The Kier molecular flexibility index (Phi) is 9.80. The quantitative estimate of drug-likeness (QED) is 0.0568. The monoisotopic (exact) mass is 759 g/mol. The molecule has 0 aromatic rings. The summed E-state index contributed by atoms with van der Waals surface area (Å²) in [6, 6.07) is 0. The number of hydrogen-bond donors (Lipinski definition) is 8. The van der Waals surface area contributed by atoms with Gasteiger partial charge < -0.3 is 45.9 Å². The van der Waals surface area contributed by atoms with Gasteiger partial charge >= 0.3 is 0 Å². The smallest absolute Gasteiger partial charge is 0.215 e. The number of ether oxygens (including phenoxy) is 1. The Hall–Kier alpha value is -4.95. The van der Waals surface area contributed by atoms with E-state index in [9.17, 15) is 55.5 Å². The van der Waals surface area contributed by atoms with Crippen molar-refractivity contribution in [2.45, 2.75) is 84.9 Å². The SMILES string of the molecule is CC=CC=CC(O)=C1C(=O)C2(C)C(=O)C(C)(O)C1C(C(=O)C1=C(O)C3(C)C4C(=C(O)C=CC=CC)C(O)=C(C)C(=O)C4(C)OC3(O)C(C)(O)C1=N)C2C=CC. The standard InChI is InChI=1S/C42H49NO12/c1-10-13-15-18-22(44)25-28-24(21(17-12-3)37(5,34(25)49)36(51)39(28,7)52)30(47)27-32(43)41(9,53)42(54)38(6,35(27)50)31-26(23(45)19-16-14-11-2)29(46)20(4)33(48)40(31,8)55-42/h10-19,21,24,28,31,43-46,50,52-54H,1-9H3. The third-order valence-corrected chi connectivity index (χ3v) is 12.6. The fourth-order valence-corrected chi connectivity index (χ4v) is 9.82. The van der Waals surface area contributed by atoms with E-state index in [1.54, 1.807) is 45.1 Å². The zero-order valence-electron chi connectivity index (χ0n) is 32.3. The Labute approximate surface area is 318 Å². The zero-order chi connectivity index (χ0) is 41.6. The van der Waals surface area contributed by atoms with Crippen LogP contribution in [0.3, 0.4) is 0 Å². The van der Waals surface area contributed by atoms with Crippen molar-refractivity contribution in [2.24, 2.45) is 34.5 Å². The molecule has 0 aromatic carbocycles. The van der Waals surface area contributed by atoms with Crippen LogP contribution < -0.4 is 0 Å². The lowest BCUT2D eigenvalue weighted by Crippen LogP contribution is -2.73. The van der Waals surface area contributed by atoms with Crippen molar-refractivity contribution in [3.05, 3.63) is 106 Å². The van der Waals surface area contributed by atoms with Gasteiger partial charge in [-0.3, -0.25) is 19.2 Å². The van der Waals surface area contributed by atoms with Crippen LogP contribution in [0.5, 0.6) is 0 Å². The van der Waals surface area contributed by atoms with Crippen LogP contribution in [0.15, 0.2) is 106 Å². The van der Waals surface area contributed by atoms with Crippen LogP contribution in [0.4, 0.5) is 0 Å². The highest BCUT2D eigenvalue weighted by atomic mass is 16.7. The van der Waals surface area contributed by atoms with E-state index in [1.807, 2.05) is 0 Å². The molecule has 1 aliphatic heterocycles. The summed E-state index contributed by atoms with van der Waals surface area (Å²) in [6.07, 6.45) is 14.5. The van der Waals surface area contributed by atoms with Crippen LogP contribution in [0.2, 0.25) is 0 Å². The third kappa shape index (κ3) is 4.95. The summed E-state index contributed by atoms with van der Waals surface area (Å²) in [5.74, 6) is -16.4. The minimum absolute atomic E-state index is 0.278. The highest BCUT2D eigenvalue weighted by Gasteiger charge is 2.82. The van der Waals surface area contributed by atoms with Crippen molar-refractivity contribution < 1.29 is 59.7 Å². The first-order valence-corrected chi connectivity index (χ1v) is 18.0. The second kappa shape index (κ2) is 13.1. The molecule has 6 aliphatic rings. The van der Waals surface area contributed by atoms with Gasteiger partial charge in [-0.05, 0) is 74.5 Å². The number of nitrogens with one attached hydrogen (secondary N) is 1. The molecule has 0 radical (unpaired) electrons. The van der Waals surface area contributed by atoms with Gasteiger partial charge in [0.2, 0.25) is 5.79 Å². The first-order chi connectivity index (χ1) is 25.4. The summed E-state index contributed by atoms with van der Waals surface area (Å²) in [7, 11) is 0. The van der Waals surface area contributed by atoms with Crippen LogP contribution in [0.1, 0.15) is 62.3 Å². The average molecular weight is 760 g/mol. The second-order valence-corrected chi connectivity index (χ2v) is 15.8. The maximum Gasteiger partial charge on any atom is 0.215 e. The Morgan fingerprint density at radius 2 is 1.33 bits per heavy atom. The van der Waals surface area contributed by atoms with E-state index in [2.05, 4.69) is 0 Å². The van der Waals surface area contributed by atoms with Crippen molar-refractivity contribution in [3.8, 4) is 0 Å². The van der Waals surface area contributed by atoms with Crippen molar-refractivity contribution in [1.29, 1.82) is 5.41 Å². The van der Waals surface area contributed by atoms with E-state index in [0.29, 0.717) is 0 Å². The molecule has 6 rings (SSSR count). The molecule has 1 saturated heterocycles. The maximum absolute atomic E-state index is 15.4. The molecule has 0 spiro atoms. The maximum atomic E-state index is 15.4. The number of ketones is 4. The molecule has 55 heavy (non-hydrogen) atoms. The topological polar surface area (TPSA) is 243 Å². The fraction of sp³-hybridized carbons (Fsp3) is 0.452. The van der Waals surface area contributed by atoms with Crippen LogP contribution >= 0.6 is 0 Å². The Morgan fingerprint density at radius 3 is 1.84 bits per heavy atom. The molecule has 2 bridgehead atoms. The number of rotatable bonds is 7. The number of carbonyl (C=O) groups is 4. The van der Waals surface area contributed by atoms with Gasteiger partial charge in [0.05, 0.1) is 22.1 Å². The molecule has 10 atom stereocenters. The predicted molar refractivity (Wildman–Crippen MR) is 201 cm³/mol. The van der Waals surface area contributed by atoms with Crippen LogP contribution in [0.25, 0.3) is 0 Å². The number of aliphatic hydroxyl groups is 7. The number of aliphatic hydroxyl groups excluding tert-OH is 4. The molecule has 10 unspecified atom stereocenters. The Balaban J connectivity index is 1.89. The average Bonchev–Trinajstić information content (AvgIpc) is 3.32. The molecule has 294 valence electrons. The van der Waals surface area contributed by atoms with E-state index >= 15 is 4.79 Å². The molecule has 4 fully saturated rings. The molecule has 13 nitrogen and oxygen atoms in total. The highest BCUT2D eigenvalue weighted by molar-refractivity contribution is 6.29. The minimum atomic E-state index is -3.08. The van der Waals surface area contributed by atoms with Crippen LogP contribution in [-0.2, 0) is 23.9 Å². The number of carbonyl (C=O) groups excluding carboxylic acids is 4. The number of hydrogen-bond acceptors (Lipinski definition) is 13. The summed E-state index contributed by atoms with van der Waals surface area (Å²) in [4.78, 5) is 57.6. The van der Waals surface area contributed by atoms with Gasteiger partial charge in [0.25, 0.3) is 0 Å². The second-order valence-electron chi connectivity index (χ2n) is 15.8. The summed E-state index contributed by atoms with van der Waals surface area (Å²) in [5, 5.41) is 92.6. The first-order valence-electron chi connectivity index (χ1n) is 18.0. The fourth-order valence-electron chi connectivity index (χ4n) is 9.82. The molecule has 0 amide bonds. The van der Waals surface area contributed by atoms with Crippen molar-refractivity contribution in [2.75, 3.05) is 0 Å². The van der Waals surface area contributed by atoms with E-state index in [-0.39, 0.29) is 11.1 Å². The van der Waals surface area contributed by atoms with Crippen LogP contribution in [-0.4, -0.2) is 87.2 Å². The molecule has 8 N–H and O–H groups in total. The Bertz CT molecular complexity index is 2100. The van der Waals surface area contributed by atoms with Crippen molar-refractivity contribution >= 4 is 28.8 Å². The molecular formula is C42H49NO12. The number of allylic oxidation sites excluding steroid dienone is 11. The minimum Gasteiger partial charge on any atom is -0.511 e. The summed E-state index contributed by atoms with van der Waals surface area (Å²) >= 11 is 0. The molecule has 1 heterocycles. The van der Waals surface area contributed by atoms with E-state index in [4.69, 9.17) is 4.74 Å². The summed E-state index contributed by atoms with van der Waals surface area (Å²) < 4.78 is 6.08. The normalized spacial score (nSPS) is 42.6. The zero-order valence-corrected chi connectivity index (χ0v) is 32.3. The largest absolute Gasteiger partial charge is 0.511 e. The number of fused-ring (bicyclic) bond motifs is 6. The summed E-state index contributed by atoms with van der Waals surface area (Å²) in [6.45, 7) is 11.9. The lowest BCUT2D eigenvalue weighted by atomic mass is 9.42.